The van der Waals surface area contributed by atoms with Gasteiger partial charge in [-0.15, -0.1) is 5.10 Å². The van der Waals surface area contributed by atoms with Crippen molar-refractivity contribution in [1.29, 1.82) is 0 Å². The summed E-state index contributed by atoms with van der Waals surface area (Å²) in [6.45, 7) is 0. The van der Waals surface area contributed by atoms with Crippen LogP contribution in [0.25, 0.3) is 5.70 Å². The second kappa shape index (κ2) is 5.55. The Morgan fingerprint density at radius 1 is 1.04 bits per heavy atom. The molecule has 0 amide bonds. The summed E-state index contributed by atoms with van der Waals surface area (Å²) in [5.41, 5.74) is 9.01. The number of hydrogen-bond acceptors (Lipinski definition) is 4. The summed E-state index contributed by atoms with van der Waals surface area (Å²) in [5.74, 6) is 0.911. The molecule has 0 bridgehead atoms. The Bertz CT molecular complexity index is 868. The highest BCUT2D eigenvalue weighted by Crippen LogP contribution is 2.33. The van der Waals surface area contributed by atoms with Crippen molar-refractivity contribution in [3.05, 3.63) is 76.3 Å². The van der Waals surface area contributed by atoms with Crippen LogP contribution in [0.15, 0.2) is 65.1 Å². The number of fused-ring (bicyclic) bond motifs is 1. The predicted octanol–water partition coefficient (Wildman–Crippen LogP) is 3.68. The van der Waals surface area contributed by atoms with Gasteiger partial charge in [-0.2, -0.15) is 4.98 Å². The molecule has 114 valence electrons. The predicted molar refractivity (Wildman–Crippen MR) is 94.8 cm³/mol. The lowest BCUT2D eigenvalue weighted by Crippen LogP contribution is -2.20. The van der Waals surface area contributed by atoms with E-state index in [1.807, 2.05) is 35.0 Å². The highest BCUT2D eigenvalue weighted by molar-refractivity contribution is 9.10. The number of nitrogens with zero attached hydrogens (tertiary/aromatic N) is 3. The molecular weight excluding hydrogens is 354 g/mol. The van der Waals surface area contributed by atoms with E-state index >= 15 is 0 Å². The van der Waals surface area contributed by atoms with E-state index in [0.29, 0.717) is 5.95 Å². The van der Waals surface area contributed by atoms with Crippen molar-refractivity contribution in [2.45, 2.75) is 6.04 Å². The van der Waals surface area contributed by atoms with Gasteiger partial charge in [0.05, 0.1) is 0 Å². The summed E-state index contributed by atoms with van der Waals surface area (Å²) in [5, 5.41) is 7.63. The van der Waals surface area contributed by atoms with E-state index in [1.165, 1.54) is 0 Å². The van der Waals surface area contributed by atoms with Crippen LogP contribution in [0.5, 0.6) is 0 Å². The third kappa shape index (κ3) is 2.61. The fourth-order valence-electron chi connectivity index (χ4n) is 2.69. The van der Waals surface area contributed by atoms with Crippen molar-refractivity contribution in [3.8, 4) is 0 Å². The van der Waals surface area contributed by atoms with Crippen molar-refractivity contribution in [2.24, 2.45) is 0 Å². The molecule has 3 N–H and O–H groups in total. The highest BCUT2D eigenvalue weighted by Gasteiger charge is 2.24. The number of nitrogens with one attached hydrogen (secondary N) is 1. The molecule has 1 aliphatic heterocycles. The lowest BCUT2D eigenvalue weighted by molar-refractivity contribution is 0.614. The van der Waals surface area contributed by atoms with Crippen LogP contribution in [-0.2, 0) is 0 Å². The number of rotatable bonds is 2. The molecule has 2 aromatic carbocycles. The maximum Gasteiger partial charge on any atom is 0.241 e. The lowest BCUT2D eigenvalue weighted by Gasteiger charge is -2.24. The smallest absolute Gasteiger partial charge is 0.241 e. The van der Waals surface area contributed by atoms with E-state index in [0.717, 1.165) is 21.3 Å². The Morgan fingerprint density at radius 2 is 1.78 bits per heavy atom. The fraction of sp³-hybridized carbons (Fsp3) is 0.0588. The van der Waals surface area contributed by atoms with Gasteiger partial charge in [-0.25, -0.2) is 4.68 Å². The molecule has 23 heavy (non-hydrogen) atoms. The number of allylic oxidation sites excluding steroid dienone is 1. The Kier molecular flexibility index (Phi) is 3.38. The summed E-state index contributed by atoms with van der Waals surface area (Å²) in [4.78, 5) is 4.29. The topological polar surface area (TPSA) is 68.8 Å². The number of hydrogen-bond donors (Lipinski definition) is 2. The van der Waals surface area contributed by atoms with Crippen molar-refractivity contribution in [2.75, 3.05) is 11.1 Å². The summed E-state index contributed by atoms with van der Waals surface area (Å²) in [7, 11) is 0. The number of nitrogen functional groups attached to an aromatic ring is 1. The Morgan fingerprint density at radius 3 is 2.52 bits per heavy atom. The van der Waals surface area contributed by atoms with Crippen molar-refractivity contribution in [1.82, 2.24) is 14.8 Å². The molecule has 0 spiro atoms. The summed E-state index contributed by atoms with van der Waals surface area (Å²) < 4.78 is 2.85. The van der Waals surface area contributed by atoms with Crippen LogP contribution in [0.3, 0.4) is 0 Å². The Hall–Kier alpha value is -2.60. The number of nitrogens with two attached hydrogens (primary N) is 1. The monoisotopic (exact) mass is 367 g/mol. The van der Waals surface area contributed by atoms with Gasteiger partial charge >= 0.3 is 0 Å². The highest BCUT2D eigenvalue weighted by atomic mass is 79.9. The summed E-state index contributed by atoms with van der Waals surface area (Å²) in [6, 6.07) is 18.3. The first-order valence-electron chi connectivity index (χ1n) is 7.22. The minimum absolute atomic E-state index is 0.0562. The Labute approximate surface area is 142 Å². The average Bonchev–Trinajstić information content (AvgIpc) is 2.96. The summed E-state index contributed by atoms with van der Waals surface area (Å²) >= 11 is 3.47. The number of benzene rings is 2. The van der Waals surface area contributed by atoms with Gasteiger partial charge in [-0.1, -0.05) is 58.4 Å². The third-order valence-electron chi connectivity index (χ3n) is 3.78. The number of aromatic nitrogens is 3. The van der Waals surface area contributed by atoms with Gasteiger partial charge in [0.15, 0.2) is 0 Å². The van der Waals surface area contributed by atoms with Crippen LogP contribution < -0.4 is 11.1 Å². The molecule has 0 saturated carbocycles. The molecule has 0 aliphatic carbocycles. The molecule has 5 nitrogen and oxygen atoms in total. The number of anilines is 2. The molecule has 1 atom stereocenters. The zero-order chi connectivity index (χ0) is 15.8. The SMILES string of the molecule is Nc1nc2n(n1)[C@H](c1ccc(Br)cc1)C=C(c1ccccc1)N2. The molecule has 0 unspecified atom stereocenters. The summed E-state index contributed by atoms with van der Waals surface area (Å²) in [6.07, 6.45) is 2.14. The first-order chi connectivity index (χ1) is 11.2. The molecule has 2 heterocycles. The molecule has 0 saturated heterocycles. The van der Waals surface area contributed by atoms with Crippen LogP contribution in [-0.4, -0.2) is 14.8 Å². The molecule has 1 aromatic heterocycles. The molecule has 0 fully saturated rings. The first kappa shape index (κ1) is 14.0. The third-order valence-corrected chi connectivity index (χ3v) is 4.31. The average molecular weight is 368 g/mol. The standard InChI is InChI=1S/C17H14BrN5/c18-13-8-6-12(7-9-13)15-10-14(11-4-2-1-3-5-11)20-17-21-16(19)22-23(15)17/h1-10,15H,(H3,19,20,21,22)/t15-/m0/s1. The van der Waals surface area contributed by atoms with Crippen molar-refractivity contribution in [3.63, 3.8) is 0 Å². The van der Waals surface area contributed by atoms with Gasteiger partial charge in [0.1, 0.15) is 6.04 Å². The van der Waals surface area contributed by atoms with Crippen molar-refractivity contribution < 1.29 is 0 Å². The van der Waals surface area contributed by atoms with E-state index in [9.17, 15) is 0 Å². The van der Waals surface area contributed by atoms with E-state index in [-0.39, 0.29) is 12.0 Å². The molecule has 0 radical (unpaired) electrons. The molecule has 4 rings (SSSR count). The fourth-order valence-corrected chi connectivity index (χ4v) is 2.96. The minimum atomic E-state index is -0.0562. The normalized spacial score (nSPS) is 16.4. The minimum Gasteiger partial charge on any atom is -0.366 e. The lowest BCUT2D eigenvalue weighted by atomic mass is 10.0. The van der Waals surface area contributed by atoms with Gasteiger partial charge in [-0.3, -0.25) is 0 Å². The van der Waals surface area contributed by atoms with Crippen LogP contribution in [0.4, 0.5) is 11.9 Å². The molecular formula is C17H14BrN5. The van der Waals surface area contributed by atoms with Gasteiger partial charge in [0.2, 0.25) is 11.9 Å². The van der Waals surface area contributed by atoms with Gasteiger partial charge in [-0.05, 0) is 29.3 Å². The van der Waals surface area contributed by atoms with Gasteiger partial charge < -0.3 is 11.1 Å². The molecule has 6 heteroatoms. The van der Waals surface area contributed by atoms with E-state index in [4.69, 9.17) is 5.73 Å². The van der Waals surface area contributed by atoms with Gasteiger partial charge in [0.25, 0.3) is 0 Å². The molecule has 3 aromatic rings. The molecule has 1 aliphatic rings. The van der Waals surface area contributed by atoms with Crippen LogP contribution >= 0.6 is 15.9 Å². The number of halogens is 1. The maximum absolute atomic E-state index is 5.79. The van der Waals surface area contributed by atoms with Crippen LogP contribution in [0.1, 0.15) is 17.2 Å². The van der Waals surface area contributed by atoms with Gasteiger partial charge in [0, 0.05) is 10.2 Å². The van der Waals surface area contributed by atoms with Crippen molar-refractivity contribution >= 4 is 33.5 Å². The quantitative estimate of drug-likeness (QED) is 0.724. The van der Waals surface area contributed by atoms with Crippen LogP contribution in [0, 0.1) is 0 Å². The second-order valence-corrected chi connectivity index (χ2v) is 6.22. The Balaban J connectivity index is 1.83. The maximum atomic E-state index is 5.79. The van der Waals surface area contributed by atoms with E-state index < -0.39 is 0 Å². The van der Waals surface area contributed by atoms with E-state index in [1.54, 1.807) is 0 Å². The zero-order valence-corrected chi connectivity index (χ0v) is 13.7. The first-order valence-corrected chi connectivity index (χ1v) is 8.02. The zero-order valence-electron chi connectivity index (χ0n) is 12.1. The van der Waals surface area contributed by atoms with E-state index in [2.05, 4.69) is 61.7 Å². The second-order valence-electron chi connectivity index (χ2n) is 5.31. The van der Waals surface area contributed by atoms with Crippen LogP contribution in [0.2, 0.25) is 0 Å². The largest absolute Gasteiger partial charge is 0.366 e.